The van der Waals surface area contributed by atoms with Crippen molar-refractivity contribution in [3.8, 4) is 11.1 Å². The van der Waals surface area contributed by atoms with Gasteiger partial charge in [-0.25, -0.2) is 0 Å². The van der Waals surface area contributed by atoms with Crippen LogP contribution in [0, 0.1) is 5.92 Å². The number of hydrogen-bond acceptors (Lipinski definition) is 0. The first-order valence-electron chi connectivity index (χ1n) is 16.7. The summed E-state index contributed by atoms with van der Waals surface area (Å²) in [7, 11) is 0. The summed E-state index contributed by atoms with van der Waals surface area (Å²) in [4.78, 5) is 0. The normalized spacial score (nSPS) is 17.9. The van der Waals surface area contributed by atoms with Gasteiger partial charge in [-0.15, -0.1) is 0 Å². The molecule has 0 amide bonds. The van der Waals surface area contributed by atoms with Crippen LogP contribution in [0.4, 0.5) is 0 Å². The molecule has 0 unspecified atom stereocenters. The van der Waals surface area contributed by atoms with Gasteiger partial charge in [0.2, 0.25) is 0 Å². The van der Waals surface area contributed by atoms with Crippen LogP contribution < -0.4 is 15.9 Å². The maximum atomic E-state index is 4.61. The third-order valence-electron chi connectivity index (χ3n) is 10.1. The molecule has 0 radical (unpaired) electrons. The Hall–Kier alpha value is -2.99. The molecule has 1 fully saturated rings. The van der Waals surface area contributed by atoms with Crippen LogP contribution in [-0.4, -0.2) is 0 Å². The molecule has 2 heteroatoms. The van der Waals surface area contributed by atoms with Crippen molar-refractivity contribution in [1.82, 2.24) is 0 Å². The third-order valence-corrected chi connectivity index (χ3v) is 19.6. The van der Waals surface area contributed by atoms with Gasteiger partial charge < -0.3 is 0 Å². The van der Waals surface area contributed by atoms with Crippen molar-refractivity contribution in [1.29, 1.82) is 0 Å². The molecular formula is C42H46BrP. The molecule has 0 atom stereocenters. The Labute approximate surface area is 273 Å². The molecule has 1 aliphatic carbocycles. The average molecular weight is 662 g/mol. The van der Waals surface area contributed by atoms with Crippen LogP contribution in [0.15, 0.2) is 140 Å². The fraction of sp³-hybridized carbons (Fsp3) is 0.286. The second kappa shape index (κ2) is 14.0. The Morgan fingerprint density at radius 2 is 1.00 bits per heavy atom. The van der Waals surface area contributed by atoms with Crippen molar-refractivity contribution in [3.05, 3.63) is 151 Å². The summed E-state index contributed by atoms with van der Waals surface area (Å²) < 4.78 is 0. The second-order valence-corrected chi connectivity index (χ2v) is 21.8. The minimum atomic E-state index is -3.01. The van der Waals surface area contributed by atoms with E-state index in [0.29, 0.717) is 0 Å². The standard InChI is InChI=1S/C42H46BrP/c1-2-3-7-14-34-21-25-36(26-22-34)38-29-31-39(32-30-38)37-27-23-35(24-28-37)33-44(43,40-15-8-4-9-16-40,41-17-10-5-11-18-41)42-19-12-6-13-20-42/h4-6,8-13,15-20,23-24,27-32,34,36H,2-3,7,14,21-22,25-26,33H2,1H3. The van der Waals surface area contributed by atoms with Crippen LogP contribution >= 0.6 is 20.8 Å². The van der Waals surface area contributed by atoms with E-state index in [0.717, 1.165) is 18.0 Å². The molecule has 5 aromatic carbocycles. The summed E-state index contributed by atoms with van der Waals surface area (Å²) in [6.45, 7) is 2.31. The van der Waals surface area contributed by atoms with Gasteiger partial charge in [0.1, 0.15) is 0 Å². The molecule has 44 heavy (non-hydrogen) atoms. The van der Waals surface area contributed by atoms with E-state index >= 15 is 0 Å². The van der Waals surface area contributed by atoms with Crippen molar-refractivity contribution >= 4 is 36.7 Å². The van der Waals surface area contributed by atoms with Gasteiger partial charge in [0.25, 0.3) is 0 Å². The van der Waals surface area contributed by atoms with E-state index in [1.165, 1.54) is 89.5 Å². The summed E-state index contributed by atoms with van der Waals surface area (Å²) >= 11 is 4.61. The van der Waals surface area contributed by atoms with Gasteiger partial charge in [-0.2, -0.15) is 0 Å². The van der Waals surface area contributed by atoms with Gasteiger partial charge in [0.05, 0.1) is 0 Å². The molecule has 0 aliphatic heterocycles. The Kier molecular flexibility index (Phi) is 9.85. The van der Waals surface area contributed by atoms with Crippen LogP contribution in [0.2, 0.25) is 0 Å². The number of hydrogen-bond donors (Lipinski definition) is 0. The summed E-state index contributed by atoms with van der Waals surface area (Å²) in [5, 5.41) is 1.05. The van der Waals surface area contributed by atoms with E-state index < -0.39 is 5.31 Å². The molecule has 226 valence electrons. The third kappa shape index (κ3) is 6.38. The summed E-state index contributed by atoms with van der Waals surface area (Å²) in [6.07, 6.45) is 12.0. The first-order valence-corrected chi connectivity index (χ1v) is 21.1. The van der Waals surface area contributed by atoms with Gasteiger partial charge >= 0.3 is 236 Å². The topological polar surface area (TPSA) is 0 Å². The van der Waals surface area contributed by atoms with Crippen molar-refractivity contribution in [2.45, 2.75) is 70.4 Å². The van der Waals surface area contributed by atoms with E-state index in [2.05, 4.69) is 162 Å². The maximum absolute atomic E-state index is 4.61. The van der Waals surface area contributed by atoms with Crippen LogP contribution in [0.5, 0.6) is 0 Å². The van der Waals surface area contributed by atoms with Gasteiger partial charge in [-0.05, 0) is 5.92 Å². The molecule has 0 bridgehead atoms. The molecule has 0 saturated heterocycles. The molecule has 5 aromatic rings. The second-order valence-electron chi connectivity index (χ2n) is 12.9. The van der Waals surface area contributed by atoms with E-state index in [4.69, 9.17) is 0 Å². The number of rotatable bonds is 11. The summed E-state index contributed by atoms with van der Waals surface area (Å²) in [6, 6.07) is 52.1. The van der Waals surface area contributed by atoms with Gasteiger partial charge in [-0.1, -0.05) is 32.6 Å². The predicted molar refractivity (Wildman–Crippen MR) is 198 cm³/mol. The minimum absolute atomic E-state index is 0.732. The fourth-order valence-electron chi connectivity index (χ4n) is 7.50. The molecule has 0 heterocycles. The van der Waals surface area contributed by atoms with E-state index in [-0.39, 0.29) is 0 Å². The van der Waals surface area contributed by atoms with E-state index in [1.807, 2.05) is 0 Å². The van der Waals surface area contributed by atoms with Crippen molar-refractivity contribution in [2.24, 2.45) is 5.92 Å². The molecule has 0 nitrogen and oxygen atoms in total. The van der Waals surface area contributed by atoms with E-state index in [9.17, 15) is 0 Å². The van der Waals surface area contributed by atoms with E-state index in [1.54, 1.807) is 0 Å². The number of unbranched alkanes of at least 4 members (excludes halogenated alkanes) is 2. The molecule has 1 saturated carbocycles. The molecular weight excluding hydrogens is 615 g/mol. The molecule has 6 rings (SSSR count). The molecule has 0 spiro atoms. The monoisotopic (exact) mass is 660 g/mol. The quantitative estimate of drug-likeness (QED) is 0.0976. The molecule has 0 aromatic heterocycles. The van der Waals surface area contributed by atoms with Crippen molar-refractivity contribution < 1.29 is 0 Å². The zero-order chi connectivity index (χ0) is 30.3. The molecule has 0 N–H and O–H groups in total. The Bertz CT molecular complexity index is 1490. The fourth-order valence-corrected chi connectivity index (χ4v) is 15.2. The summed E-state index contributed by atoms with van der Waals surface area (Å²) in [5.74, 6) is 1.69. The Morgan fingerprint density at radius 3 is 1.45 bits per heavy atom. The predicted octanol–water partition coefficient (Wildman–Crippen LogP) is 11.5. The van der Waals surface area contributed by atoms with Gasteiger partial charge in [-0.3, -0.25) is 0 Å². The Balaban J connectivity index is 1.25. The Morgan fingerprint density at radius 1 is 0.545 bits per heavy atom. The van der Waals surface area contributed by atoms with Crippen LogP contribution in [0.1, 0.15) is 75.3 Å². The van der Waals surface area contributed by atoms with Crippen molar-refractivity contribution in [2.75, 3.05) is 0 Å². The zero-order valence-corrected chi connectivity index (χ0v) is 28.6. The summed E-state index contributed by atoms with van der Waals surface area (Å²) in [5.41, 5.74) is 5.46. The van der Waals surface area contributed by atoms with Crippen LogP contribution in [0.25, 0.3) is 11.1 Å². The first kappa shape index (κ1) is 31.0. The molecule has 1 aliphatic rings. The van der Waals surface area contributed by atoms with Gasteiger partial charge in [0.15, 0.2) is 0 Å². The SMILES string of the molecule is CCCCCC1CCC(c2ccc(-c3ccc(CP(Br)(c4ccccc4)(c4ccccc4)c4ccccc4)cc3)cc2)CC1. The van der Waals surface area contributed by atoms with Gasteiger partial charge in [0, 0.05) is 0 Å². The van der Waals surface area contributed by atoms with Crippen LogP contribution in [-0.2, 0) is 6.16 Å². The zero-order valence-electron chi connectivity index (χ0n) is 26.1. The first-order chi connectivity index (χ1) is 21.6. The average Bonchev–Trinajstić information content (AvgIpc) is 3.10. The van der Waals surface area contributed by atoms with Crippen molar-refractivity contribution in [3.63, 3.8) is 0 Å². The number of halogens is 1. The number of benzene rings is 5. The van der Waals surface area contributed by atoms with Crippen LogP contribution in [0.3, 0.4) is 0 Å².